The molecule has 0 spiro atoms. The maximum absolute atomic E-state index is 13.8. The molecule has 0 saturated carbocycles. The Morgan fingerprint density at radius 2 is 2.10 bits per heavy atom. The van der Waals surface area contributed by atoms with Crippen LogP contribution in [-0.4, -0.2) is 39.9 Å². The summed E-state index contributed by atoms with van der Waals surface area (Å²) in [6, 6.07) is 1.25. The number of sulfonamides is 1. The van der Waals surface area contributed by atoms with E-state index in [9.17, 15) is 17.2 Å². The summed E-state index contributed by atoms with van der Waals surface area (Å²) in [6.07, 6.45) is -0.421. The standard InChI is InChI=1S/C13H15F2NO4S/c1-9(20-2)8-16-21(18,19)13-10(4-3-5-17)6-11(14)7-12(13)15/h6-7,9,16-17H,5,8H2,1-2H3. The van der Waals surface area contributed by atoms with Crippen LogP contribution >= 0.6 is 0 Å². The van der Waals surface area contributed by atoms with Crippen LogP contribution < -0.4 is 4.72 Å². The highest BCUT2D eigenvalue weighted by Gasteiger charge is 2.24. The number of nitrogens with one attached hydrogen (secondary N) is 1. The van der Waals surface area contributed by atoms with Crippen molar-refractivity contribution in [3.8, 4) is 11.8 Å². The first-order valence-corrected chi connectivity index (χ1v) is 7.41. The van der Waals surface area contributed by atoms with E-state index in [2.05, 4.69) is 16.6 Å². The highest BCUT2D eigenvalue weighted by atomic mass is 32.2. The molecule has 1 aromatic carbocycles. The van der Waals surface area contributed by atoms with Crippen molar-refractivity contribution >= 4 is 10.0 Å². The molecule has 21 heavy (non-hydrogen) atoms. The van der Waals surface area contributed by atoms with Crippen molar-refractivity contribution in [3.05, 3.63) is 29.3 Å². The summed E-state index contributed by atoms with van der Waals surface area (Å²) in [6.45, 7) is 0.976. The molecule has 0 aliphatic carbocycles. The number of benzene rings is 1. The normalized spacial score (nSPS) is 12.6. The molecule has 0 aliphatic heterocycles. The third-order valence-corrected chi connectivity index (χ3v) is 4.04. The average molecular weight is 319 g/mol. The monoisotopic (exact) mass is 319 g/mol. The lowest BCUT2D eigenvalue weighted by Gasteiger charge is -2.13. The van der Waals surface area contributed by atoms with Crippen LogP contribution in [-0.2, 0) is 14.8 Å². The van der Waals surface area contributed by atoms with E-state index in [4.69, 9.17) is 9.84 Å². The molecule has 2 N–H and O–H groups in total. The van der Waals surface area contributed by atoms with Crippen molar-refractivity contribution in [2.45, 2.75) is 17.9 Å². The Morgan fingerprint density at radius 1 is 1.43 bits per heavy atom. The first-order chi connectivity index (χ1) is 9.81. The zero-order valence-corrected chi connectivity index (χ0v) is 12.3. The van der Waals surface area contributed by atoms with Crippen molar-refractivity contribution in [2.75, 3.05) is 20.3 Å². The molecule has 0 heterocycles. The van der Waals surface area contributed by atoms with Gasteiger partial charge >= 0.3 is 0 Å². The molecule has 1 aromatic rings. The van der Waals surface area contributed by atoms with E-state index in [0.717, 1.165) is 6.07 Å². The van der Waals surface area contributed by atoms with Crippen molar-refractivity contribution in [2.24, 2.45) is 0 Å². The van der Waals surface area contributed by atoms with Gasteiger partial charge < -0.3 is 9.84 Å². The van der Waals surface area contributed by atoms with E-state index in [0.29, 0.717) is 6.07 Å². The quantitative estimate of drug-likeness (QED) is 0.780. The van der Waals surface area contributed by atoms with Crippen LogP contribution in [0.3, 0.4) is 0 Å². The first-order valence-electron chi connectivity index (χ1n) is 5.93. The fourth-order valence-electron chi connectivity index (χ4n) is 1.44. The lowest BCUT2D eigenvalue weighted by Crippen LogP contribution is -2.32. The van der Waals surface area contributed by atoms with Gasteiger partial charge in [-0.15, -0.1) is 0 Å². The molecule has 0 aromatic heterocycles. The van der Waals surface area contributed by atoms with Gasteiger partial charge in [-0.05, 0) is 13.0 Å². The van der Waals surface area contributed by atoms with Crippen molar-refractivity contribution < 1.29 is 27.0 Å². The van der Waals surface area contributed by atoms with Crippen molar-refractivity contribution in [1.29, 1.82) is 0 Å². The van der Waals surface area contributed by atoms with Crippen LogP contribution in [0.25, 0.3) is 0 Å². The molecule has 116 valence electrons. The summed E-state index contributed by atoms with van der Waals surface area (Å²) >= 11 is 0. The number of rotatable bonds is 5. The van der Waals surface area contributed by atoms with Gasteiger partial charge in [0, 0.05) is 19.7 Å². The molecule has 0 amide bonds. The summed E-state index contributed by atoms with van der Waals surface area (Å²) in [5.41, 5.74) is -0.362. The van der Waals surface area contributed by atoms with Crippen LogP contribution in [0.1, 0.15) is 12.5 Å². The predicted molar refractivity (Wildman–Crippen MR) is 72.0 cm³/mol. The Balaban J connectivity index is 3.27. The number of aliphatic hydroxyl groups excluding tert-OH is 1. The van der Waals surface area contributed by atoms with Gasteiger partial charge in [0.2, 0.25) is 10.0 Å². The third-order valence-electron chi connectivity index (χ3n) is 2.54. The van der Waals surface area contributed by atoms with Crippen LogP contribution in [0.5, 0.6) is 0 Å². The summed E-state index contributed by atoms with van der Waals surface area (Å²) < 4.78 is 58.3. The van der Waals surface area contributed by atoms with Gasteiger partial charge in [-0.2, -0.15) is 0 Å². The molecule has 0 bridgehead atoms. The highest BCUT2D eigenvalue weighted by molar-refractivity contribution is 7.89. The predicted octanol–water partition coefficient (Wildman–Crippen LogP) is 0.622. The van der Waals surface area contributed by atoms with Gasteiger partial charge in [-0.3, -0.25) is 0 Å². The second-order valence-corrected chi connectivity index (χ2v) is 5.83. The minimum absolute atomic E-state index is 0.0808. The molecular formula is C13H15F2NO4S. The van der Waals surface area contributed by atoms with Crippen molar-refractivity contribution in [3.63, 3.8) is 0 Å². The van der Waals surface area contributed by atoms with E-state index >= 15 is 0 Å². The van der Waals surface area contributed by atoms with E-state index < -0.39 is 39.3 Å². The molecule has 1 unspecified atom stereocenters. The zero-order valence-electron chi connectivity index (χ0n) is 11.5. The Labute approximate surface area is 122 Å². The van der Waals surface area contributed by atoms with Crippen LogP contribution in [0, 0.1) is 23.5 Å². The number of hydrogen-bond acceptors (Lipinski definition) is 4. The van der Waals surface area contributed by atoms with E-state index in [1.54, 1.807) is 6.92 Å². The van der Waals surface area contributed by atoms with Gasteiger partial charge in [0.05, 0.1) is 11.7 Å². The van der Waals surface area contributed by atoms with E-state index in [-0.39, 0.29) is 12.1 Å². The van der Waals surface area contributed by atoms with Crippen LogP contribution in [0.4, 0.5) is 8.78 Å². The number of hydrogen-bond donors (Lipinski definition) is 2. The maximum Gasteiger partial charge on any atom is 0.244 e. The Bertz CT molecular complexity index is 665. The summed E-state index contributed by atoms with van der Waals surface area (Å²) in [5, 5.41) is 8.63. The van der Waals surface area contributed by atoms with E-state index in [1.807, 2.05) is 0 Å². The van der Waals surface area contributed by atoms with Crippen LogP contribution in [0.2, 0.25) is 0 Å². The topological polar surface area (TPSA) is 75.6 Å². The number of methoxy groups -OCH3 is 1. The molecule has 8 heteroatoms. The molecule has 1 rings (SSSR count). The second kappa shape index (κ2) is 7.47. The largest absolute Gasteiger partial charge is 0.384 e. The molecule has 0 saturated heterocycles. The summed E-state index contributed by atoms with van der Waals surface area (Å²) in [7, 11) is -2.83. The molecule has 0 radical (unpaired) electrons. The summed E-state index contributed by atoms with van der Waals surface area (Å²) in [4.78, 5) is -0.756. The number of halogens is 2. The zero-order chi connectivity index (χ0) is 16.0. The Morgan fingerprint density at radius 3 is 2.67 bits per heavy atom. The molecule has 5 nitrogen and oxygen atoms in total. The molecule has 1 atom stereocenters. The smallest absolute Gasteiger partial charge is 0.244 e. The Hall–Kier alpha value is -1.53. The van der Waals surface area contributed by atoms with Crippen LogP contribution in [0.15, 0.2) is 17.0 Å². The fourth-order valence-corrected chi connectivity index (χ4v) is 2.76. The maximum atomic E-state index is 13.8. The van der Waals surface area contributed by atoms with Gasteiger partial charge in [-0.25, -0.2) is 21.9 Å². The molecule has 0 aliphatic rings. The lowest BCUT2D eigenvalue weighted by atomic mass is 10.2. The average Bonchev–Trinajstić information content (AvgIpc) is 2.41. The molecule has 0 fully saturated rings. The van der Waals surface area contributed by atoms with Gasteiger partial charge in [0.25, 0.3) is 0 Å². The first kappa shape index (κ1) is 17.5. The minimum Gasteiger partial charge on any atom is -0.384 e. The lowest BCUT2D eigenvalue weighted by molar-refractivity contribution is 0.122. The summed E-state index contributed by atoms with van der Waals surface area (Å²) in [5.74, 6) is 2.17. The highest BCUT2D eigenvalue weighted by Crippen LogP contribution is 2.20. The SMILES string of the molecule is COC(C)CNS(=O)(=O)c1c(F)cc(F)cc1C#CCO. The van der Waals surface area contributed by atoms with Crippen molar-refractivity contribution in [1.82, 2.24) is 4.72 Å². The van der Waals surface area contributed by atoms with Gasteiger partial charge in [0.15, 0.2) is 0 Å². The Kier molecular flexibility index (Phi) is 6.23. The van der Waals surface area contributed by atoms with Gasteiger partial charge in [0.1, 0.15) is 23.1 Å². The minimum atomic E-state index is -4.23. The second-order valence-electron chi connectivity index (χ2n) is 4.12. The fraction of sp³-hybridized carbons (Fsp3) is 0.385. The van der Waals surface area contributed by atoms with Gasteiger partial charge in [-0.1, -0.05) is 11.8 Å². The van der Waals surface area contributed by atoms with E-state index in [1.165, 1.54) is 7.11 Å². The number of aliphatic hydroxyl groups is 1. The molecular weight excluding hydrogens is 304 g/mol. The number of ether oxygens (including phenoxy) is 1. The third kappa shape index (κ3) is 4.75.